The van der Waals surface area contributed by atoms with E-state index >= 15 is 0 Å². The Morgan fingerprint density at radius 2 is 2.04 bits per heavy atom. The normalized spacial score (nSPS) is 10.3. The van der Waals surface area contributed by atoms with Gasteiger partial charge in [-0.1, -0.05) is 6.07 Å². The number of ether oxygens (including phenoxy) is 1. The first-order valence-corrected chi connectivity index (χ1v) is 7.04. The molecule has 7 heteroatoms. The summed E-state index contributed by atoms with van der Waals surface area (Å²) in [5, 5.41) is 6.29. The minimum atomic E-state index is 0.432. The number of nitrogens with one attached hydrogen (secondary N) is 2. The zero-order valence-corrected chi connectivity index (χ0v) is 12.6. The first-order valence-electron chi connectivity index (χ1n) is 7.04. The predicted octanol–water partition coefficient (Wildman–Crippen LogP) is 3.02. The van der Waals surface area contributed by atoms with Crippen molar-refractivity contribution in [1.82, 2.24) is 9.97 Å². The molecule has 0 spiro atoms. The van der Waals surface area contributed by atoms with E-state index in [0.717, 1.165) is 17.2 Å². The fourth-order valence-corrected chi connectivity index (χ4v) is 2.06. The lowest BCUT2D eigenvalue weighted by atomic mass is 10.3. The highest BCUT2D eigenvalue weighted by Gasteiger charge is 2.09. The molecule has 1 aromatic carbocycles. The van der Waals surface area contributed by atoms with Crippen molar-refractivity contribution in [2.24, 2.45) is 0 Å². The van der Waals surface area contributed by atoms with Gasteiger partial charge in [0.05, 0.1) is 19.9 Å². The SMILES string of the molecule is COc1cccc(Nc2ncnc(NCc3ccco3)c2N)c1. The lowest BCUT2D eigenvalue weighted by Gasteiger charge is -2.12. The van der Waals surface area contributed by atoms with E-state index in [1.54, 1.807) is 13.4 Å². The standard InChI is InChI=1S/C16H17N5O2/c1-22-12-5-2-4-11(8-12)21-16-14(17)15(19-10-20-16)18-9-13-6-3-7-23-13/h2-8,10H,9,17H2,1H3,(H2,18,19,20,21). The summed E-state index contributed by atoms with van der Waals surface area (Å²) < 4.78 is 10.5. The summed E-state index contributed by atoms with van der Waals surface area (Å²) in [6, 6.07) is 11.2. The fourth-order valence-electron chi connectivity index (χ4n) is 2.06. The highest BCUT2D eigenvalue weighted by molar-refractivity contribution is 5.77. The van der Waals surface area contributed by atoms with Gasteiger partial charge in [0.25, 0.3) is 0 Å². The molecule has 23 heavy (non-hydrogen) atoms. The first kappa shape index (κ1) is 14.7. The van der Waals surface area contributed by atoms with Gasteiger partial charge in [0.15, 0.2) is 11.6 Å². The Labute approximate surface area is 133 Å². The number of anilines is 4. The Morgan fingerprint density at radius 1 is 1.17 bits per heavy atom. The van der Waals surface area contributed by atoms with Crippen LogP contribution in [0.25, 0.3) is 0 Å². The number of hydrogen-bond acceptors (Lipinski definition) is 7. The van der Waals surface area contributed by atoms with Gasteiger partial charge in [-0.25, -0.2) is 9.97 Å². The summed E-state index contributed by atoms with van der Waals surface area (Å²) in [5.41, 5.74) is 7.39. The predicted molar refractivity (Wildman–Crippen MR) is 88.8 cm³/mol. The summed E-state index contributed by atoms with van der Waals surface area (Å²) in [7, 11) is 1.62. The molecule has 7 nitrogen and oxygen atoms in total. The third kappa shape index (κ3) is 3.52. The molecule has 0 radical (unpaired) electrons. The maximum Gasteiger partial charge on any atom is 0.159 e. The number of nitrogens with zero attached hydrogens (tertiary/aromatic N) is 2. The molecule has 3 aromatic rings. The van der Waals surface area contributed by atoms with Crippen LogP contribution >= 0.6 is 0 Å². The summed E-state index contributed by atoms with van der Waals surface area (Å²) in [6.07, 6.45) is 3.07. The van der Waals surface area contributed by atoms with Gasteiger partial charge in [0, 0.05) is 11.8 Å². The molecule has 2 aromatic heterocycles. The smallest absolute Gasteiger partial charge is 0.159 e. The van der Waals surface area contributed by atoms with Gasteiger partial charge >= 0.3 is 0 Å². The van der Waals surface area contributed by atoms with Crippen molar-refractivity contribution in [2.45, 2.75) is 6.54 Å². The molecule has 2 heterocycles. The zero-order valence-electron chi connectivity index (χ0n) is 12.6. The molecule has 3 rings (SSSR count). The molecule has 0 unspecified atom stereocenters. The molecule has 4 N–H and O–H groups in total. The third-order valence-electron chi connectivity index (χ3n) is 3.23. The van der Waals surface area contributed by atoms with Crippen molar-refractivity contribution in [2.75, 3.05) is 23.5 Å². The highest BCUT2D eigenvalue weighted by atomic mass is 16.5. The number of benzene rings is 1. The van der Waals surface area contributed by atoms with Gasteiger partial charge in [-0.15, -0.1) is 0 Å². The lowest BCUT2D eigenvalue weighted by Crippen LogP contribution is -2.07. The maximum atomic E-state index is 6.13. The molecule has 0 atom stereocenters. The van der Waals surface area contributed by atoms with E-state index < -0.39 is 0 Å². The van der Waals surface area contributed by atoms with Crippen LogP contribution in [0.15, 0.2) is 53.4 Å². The van der Waals surface area contributed by atoms with Crippen molar-refractivity contribution in [3.05, 3.63) is 54.7 Å². The Bertz CT molecular complexity index is 774. The summed E-state index contributed by atoms with van der Waals surface area (Å²) in [4.78, 5) is 8.34. The Morgan fingerprint density at radius 3 is 2.83 bits per heavy atom. The number of nitrogens with two attached hydrogens (primary N) is 1. The monoisotopic (exact) mass is 311 g/mol. The molecular weight excluding hydrogens is 294 g/mol. The minimum Gasteiger partial charge on any atom is -0.497 e. The van der Waals surface area contributed by atoms with E-state index in [2.05, 4.69) is 20.6 Å². The summed E-state index contributed by atoms with van der Waals surface area (Å²) in [5.74, 6) is 2.61. The first-order chi connectivity index (χ1) is 11.3. The van der Waals surface area contributed by atoms with Crippen LogP contribution in [0, 0.1) is 0 Å². The van der Waals surface area contributed by atoms with Crippen molar-refractivity contribution in [1.29, 1.82) is 0 Å². The highest BCUT2D eigenvalue weighted by Crippen LogP contribution is 2.27. The van der Waals surface area contributed by atoms with Crippen LogP contribution in [0.4, 0.5) is 23.0 Å². The number of nitrogen functional groups attached to an aromatic ring is 1. The van der Waals surface area contributed by atoms with Crippen LogP contribution in [0.2, 0.25) is 0 Å². The second-order valence-corrected chi connectivity index (χ2v) is 4.77. The summed E-state index contributed by atoms with van der Waals surface area (Å²) >= 11 is 0. The minimum absolute atomic E-state index is 0.432. The molecule has 0 saturated heterocycles. The molecule has 0 aliphatic heterocycles. The van der Waals surface area contributed by atoms with E-state index in [-0.39, 0.29) is 0 Å². The topological polar surface area (TPSA) is 98.2 Å². The average molecular weight is 311 g/mol. The quantitative estimate of drug-likeness (QED) is 0.643. The largest absolute Gasteiger partial charge is 0.497 e. The second-order valence-electron chi connectivity index (χ2n) is 4.77. The lowest BCUT2D eigenvalue weighted by molar-refractivity contribution is 0.415. The van der Waals surface area contributed by atoms with Crippen molar-refractivity contribution in [3.8, 4) is 5.75 Å². The van der Waals surface area contributed by atoms with Crippen molar-refractivity contribution in [3.63, 3.8) is 0 Å². The van der Waals surface area contributed by atoms with Gasteiger partial charge in [0.2, 0.25) is 0 Å². The molecule has 118 valence electrons. The van der Waals surface area contributed by atoms with Crippen LogP contribution in [0.1, 0.15) is 5.76 Å². The summed E-state index contributed by atoms with van der Waals surface area (Å²) in [6.45, 7) is 0.493. The molecule has 0 bridgehead atoms. The Balaban J connectivity index is 1.76. The number of rotatable bonds is 6. The molecule has 0 aliphatic rings. The van der Waals surface area contributed by atoms with E-state index in [9.17, 15) is 0 Å². The zero-order chi connectivity index (χ0) is 16.1. The Kier molecular flexibility index (Phi) is 4.28. The van der Waals surface area contributed by atoms with Crippen LogP contribution in [0.3, 0.4) is 0 Å². The third-order valence-corrected chi connectivity index (χ3v) is 3.23. The van der Waals surface area contributed by atoms with Gasteiger partial charge < -0.3 is 25.5 Å². The Hall–Kier alpha value is -3.22. The molecule has 0 aliphatic carbocycles. The maximum absolute atomic E-state index is 6.13. The second kappa shape index (κ2) is 6.69. The number of methoxy groups -OCH3 is 1. The van der Waals surface area contributed by atoms with E-state index in [1.807, 2.05) is 36.4 Å². The van der Waals surface area contributed by atoms with E-state index in [1.165, 1.54) is 6.33 Å². The van der Waals surface area contributed by atoms with Crippen LogP contribution in [-0.2, 0) is 6.54 Å². The molecular formula is C16H17N5O2. The van der Waals surface area contributed by atoms with Gasteiger partial charge in [0.1, 0.15) is 23.5 Å². The molecule has 0 fully saturated rings. The van der Waals surface area contributed by atoms with Gasteiger partial charge in [-0.05, 0) is 24.3 Å². The van der Waals surface area contributed by atoms with Crippen molar-refractivity contribution < 1.29 is 9.15 Å². The van der Waals surface area contributed by atoms with Crippen LogP contribution < -0.4 is 21.1 Å². The van der Waals surface area contributed by atoms with Crippen LogP contribution in [0.5, 0.6) is 5.75 Å². The fraction of sp³-hybridized carbons (Fsp3) is 0.125. The van der Waals surface area contributed by atoms with E-state index in [4.69, 9.17) is 14.9 Å². The number of furan rings is 1. The number of aromatic nitrogens is 2. The van der Waals surface area contributed by atoms with E-state index in [0.29, 0.717) is 23.9 Å². The van der Waals surface area contributed by atoms with Gasteiger partial charge in [-0.3, -0.25) is 0 Å². The van der Waals surface area contributed by atoms with Crippen LogP contribution in [-0.4, -0.2) is 17.1 Å². The van der Waals surface area contributed by atoms with Crippen molar-refractivity contribution >= 4 is 23.0 Å². The average Bonchev–Trinajstić information content (AvgIpc) is 3.09. The number of hydrogen-bond donors (Lipinski definition) is 3. The van der Waals surface area contributed by atoms with Gasteiger partial charge in [-0.2, -0.15) is 0 Å². The molecule has 0 amide bonds. The molecule has 0 saturated carbocycles.